The molecular formula is C24H30N2O5S. The number of fused-ring (bicyclic) bond motifs is 1. The number of hydrogen-bond donors (Lipinski definition) is 1. The van der Waals surface area contributed by atoms with E-state index in [1.165, 1.54) is 17.8 Å². The van der Waals surface area contributed by atoms with Crippen LogP contribution in [-0.2, 0) is 14.8 Å². The fraction of sp³-hybridized carbons (Fsp3) is 0.458. The first kappa shape index (κ1) is 22.5. The lowest BCUT2D eigenvalue weighted by Gasteiger charge is -2.44. The number of benzene rings is 2. The van der Waals surface area contributed by atoms with Crippen LogP contribution < -0.4 is 19.1 Å². The standard InChI is InChI=1S/C24H30N2O5S/c1-26(32(2,28)29)18-10-12-19(13-11-18)30-17-23(27)25-21-16-24(14-6-3-7-15-24)31-22-9-5-4-8-20(21)22/h4-5,8-13,21H,3,6-7,14-17H2,1-2H3,(H,25,27)/t21-/m0/s1. The number of para-hydroxylation sites is 1. The molecule has 7 nitrogen and oxygen atoms in total. The van der Waals surface area contributed by atoms with Crippen molar-refractivity contribution in [2.24, 2.45) is 0 Å². The number of carbonyl (C=O) groups is 1. The average Bonchev–Trinajstić information content (AvgIpc) is 2.77. The molecule has 0 unspecified atom stereocenters. The summed E-state index contributed by atoms with van der Waals surface area (Å²) in [7, 11) is -1.84. The molecule has 2 aliphatic rings. The van der Waals surface area contributed by atoms with Crippen LogP contribution in [0.1, 0.15) is 50.1 Å². The molecule has 1 aliphatic heterocycles. The topological polar surface area (TPSA) is 84.9 Å². The van der Waals surface area contributed by atoms with Crippen molar-refractivity contribution in [3.8, 4) is 11.5 Å². The second kappa shape index (κ2) is 9.02. The van der Waals surface area contributed by atoms with Crippen LogP contribution >= 0.6 is 0 Å². The summed E-state index contributed by atoms with van der Waals surface area (Å²) in [5.41, 5.74) is 1.33. The van der Waals surface area contributed by atoms with Gasteiger partial charge in [-0.1, -0.05) is 24.6 Å². The molecule has 8 heteroatoms. The third-order valence-corrected chi connectivity index (χ3v) is 7.57. The van der Waals surface area contributed by atoms with Gasteiger partial charge in [-0.15, -0.1) is 0 Å². The summed E-state index contributed by atoms with van der Waals surface area (Å²) in [4.78, 5) is 12.7. The molecule has 1 fully saturated rings. The Labute approximate surface area is 189 Å². The lowest BCUT2D eigenvalue weighted by Crippen LogP contribution is -2.47. The summed E-state index contributed by atoms with van der Waals surface area (Å²) in [6.45, 7) is -0.117. The second-order valence-electron chi connectivity index (χ2n) is 8.72. The van der Waals surface area contributed by atoms with Gasteiger partial charge in [0.15, 0.2) is 6.61 Å². The molecule has 0 aromatic heterocycles. The van der Waals surface area contributed by atoms with Gasteiger partial charge in [0.1, 0.15) is 17.1 Å². The molecule has 1 heterocycles. The van der Waals surface area contributed by atoms with Crippen LogP contribution in [0.4, 0.5) is 5.69 Å². The first-order chi connectivity index (χ1) is 15.3. The smallest absolute Gasteiger partial charge is 0.258 e. The Bertz CT molecular complexity index is 1060. The monoisotopic (exact) mass is 458 g/mol. The minimum absolute atomic E-state index is 0.111. The first-order valence-electron chi connectivity index (χ1n) is 11.0. The van der Waals surface area contributed by atoms with E-state index in [-0.39, 0.29) is 24.2 Å². The number of hydrogen-bond acceptors (Lipinski definition) is 5. The fourth-order valence-electron chi connectivity index (χ4n) is 4.58. The molecule has 32 heavy (non-hydrogen) atoms. The average molecular weight is 459 g/mol. The number of ether oxygens (including phenoxy) is 2. The summed E-state index contributed by atoms with van der Waals surface area (Å²) >= 11 is 0. The summed E-state index contributed by atoms with van der Waals surface area (Å²) < 4.78 is 36.6. The van der Waals surface area contributed by atoms with Crippen LogP contribution in [0, 0.1) is 0 Å². The van der Waals surface area contributed by atoms with Crippen LogP contribution in [0.15, 0.2) is 48.5 Å². The number of anilines is 1. The van der Waals surface area contributed by atoms with Crippen molar-refractivity contribution in [1.29, 1.82) is 0 Å². The number of carbonyl (C=O) groups excluding carboxylic acids is 1. The number of nitrogens with zero attached hydrogens (tertiary/aromatic N) is 1. The van der Waals surface area contributed by atoms with E-state index in [1.807, 2.05) is 24.3 Å². The van der Waals surface area contributed by atoms with Crippen LogP contribution in [0.5, 0.6) is 11.5 Å². The molecule has 2 aromatic carbocycles. The van der Waals surface area contributed by atoms with Gasteiger partial charge in [-0.2, -0.15) is 0 Å². The summed E-state index contributed by atoms with van der Waals surface area (Å²) in [5.74, 6) is 1.16. The van der Waals surface area contributed by atoms with E-state index in [4.69, 9.17) is 9.47 Å². The second-order valence-corrected chi connectivity index (χ2v) is 10.7. The third kappa shape index (κ3) is 5.01. The molecule has 1 atom stereocenters. The first-order valence-corrected chi connectivity index (χ1v) is 12.8. The molecular weight excluding hydrogens is 428 g/mol. The van der Waals surface area contributed by atoms with Crippen molar-refractivity contribution in [3.63, 3.8) is 0 Å². The van der Waals surface area contributed by atoms with Crippen molar-refractivity contribution < 1.29 is 22.7 Å². The van der Waals surface area contributed by atoms with E-state index in [1.54, 1.807) is 24.3 Å². The number of amides is 1. The van der Waals surface area contributed by atoms with E-state index < -0.39 is 10.0 Å². The molecule has 1 saturated carbocycles. The zero-order valence-electron chi connectivity index (χ0n) is 18.5. The highest BCUT2D eigenvalue weighted by molar-refractivity contribution is 7.92. The Morgan fingerprint density at radius 3 is 2.50 bits per heavy atom. The van der Waals surface area contributed by atoms with Crippen LogP contribution in [0.25, 0.3) is 0 Å². The zero-order valence-corrected chi connectivity index (χ0v) is 19.4. The molecule has 172 valence electrons. The Balaban J connectivity index is 1.39. The fourth-order valence-corrected chi connectivity index (χ4v) is 5.08. The van der Waals surface area contributed by atoms with Gasteiger partial charge >= 0.3 is 0 Å². The lowest BCUT2D eigenvalue weighted by molar-refractivity contribution is -0.124. The Kier molecular flexibility index (Phi) is 6.33. The highest BCUT2D eigenvalue weighted by atomic mass is 32.2. The van der Waals surface area contributed by atoms with Gasteiger partial charge in [0.05, 0.1) is 18.0 Å². The zero-order chi connectivity index (χ0) is 22.8. The van der Waals surface area contributed by atoms with Gasteiger partial charge in [0.25, 0.3) is 5.91 Å². The summed E-state index contributed by atoms with van der Waals surface area (Å²) in [6, 6.07) is 14.4. The highest BCUT2D eigenvalue weighted by Gasteiger charge is 2.42. The van der Waals surface area contributed by atoms with Gasteiger partial charge in [0.2, 0.25) is 10.0 Å². The number of sulfonamides is 1. The van der Waals surface area contributed by atoms with Gasteiger partial charge < -0.3 is 14.8 Å². The van der Waals surface area contributed by atoms with Gasteiger partial charge in [-0.25, -0.2) is 8.42 Å². The Morgan fingerprint density at radius 1 is 1.12 bits per heavy atom. The van der Waals surface area contributed by atoms with E-state index in [0.717, 1.165) is 49.7 Å². The molecule has 1 spiro atoms. The molecule has 1 N–H and O–H groups in total. The predicted molar refractivity (Wildman–Crippen MR) is 124 cm³/mol. The maximum Gasteiger partial charge on any atom is 0.258 e. The van der Waals surface area contributed by atoms with Crippen molar-refractivity contribution in [2.75, 3.05) is 24.2 Å². The highest BCUT2D eigenvalue weighted by Crippen LogP contribution is 2.46. The third-order valence-electron chi connectivity index (χ3n) is 6.36. The Morgan fingerprint density at radius 2 is 1.81 bits per heavy atom. The quantitative estimate of drug-likeness (QED) is 0.712. The molecule has 0 radical (unpaired) electrons. The van der Waals surface area contributed by atoms with E-state index in [0.29, 0.717) is 11.4 Å². The van der Waals surface area contributed by atoms with Crippen molar-refractivity contribution in [2.45, 2.75) is 50.2 Å². The van der Waals surface area contributed by atoms with Crippen LogP contribution in [0.3, 0.4) is 0 Å². The lowest BCUT2D eigenvalue weighted by atomic mass is 9.77. The van der Waals surface area contributed by atoms with Crippen LogP contribution in [0.2, 0.25) is 0 Å². The summed E-state index contributed by atoms with van der Waals surface area (Å²) in [5, 5.41) is 3.13. The molecule has 0 bridgehead atoms. The number of rotatable bonds is 6. The molecule has 1 amide bonds. The van der Waals surface area contributed by atoms with Crippen molar-refractivity contribution in [3.05, 3.63) is 54.1 Å². The minimum Gasteiger partial charge on any atom is -0.487 e. The van der Waals surface area contributed by atoms with Crippen molar-refractivity contribution >= 4 is 21.6 Å². The maximum atomic E-state index is 12.7. The minimum atomic E-state index is -3.33. The van der Waals surface area contributed by atoms with Gasteiger partial charge in [-0.3, -0.25) is 9.10 Å². The Hall–Kier alpha value is -2.74. The van der Waals surface area contributed by atoms with Gasteiger partial charge in [0, 0.05) is 19.0 Å². The summed E-state index contributed by atoms with van der Waals surface area (Å²) in [6.07, 6.45) is 7.47. The predicted octanol–water partition coefficient (Wildman–Crippen LogP) is 3.80. The number of nitrogens with one attached hydrogen (secondary N) is 1. The molecule has 0 saturated heterocycles. The van der Waals surface area contributed by atoms with E-state index in [9.17, 15) is 13.2 Å². The normalized spacial score (nSPS) is 19.5. The van der Waals surface area contributed by atoms with Gasteiger partial charge in [-0.05, 0) is 56.0 Å². The molecule has 1 aliphatic carbocycles. The molecule has 4 rings (SSSR count). The SMILES string of the molecule is CN(c1ccc(OCC(=O)N[C@H]2CC3(CCCCC3)Oc3ccccc32)cc1)S(C)(=O)=O. The molecule has 2 aromatic rings. The van der Waals surface area contributed by atoms with Crippen LogP contribution in [-0.4, -0.2) is 39.8 Å². The maximum absolute atomic E-state index is 12.7. The largest absolute Gasteiger partial charge is 0.487 e. The van der Waals surface area contributed by atoms with E-state index in [2.05, 4.69) is 5.32 Å². The van der Waals surface area contributed by atoms with E-state index >= 15 is 0 Å². The van der Waals surface area contributed by atoms with Crippen molar-refractivity contribution in [1.82, 2.24) is 5.32 Å².